The first-order valence-electron chi connectivity index (χ1n) is 8.43. The minimum absolute atomic E-state index is 0.183. The zero-order chi connectivity index (χ0) is 19.2. The molecule has 1 aromatic carbocycles. The van der Waals surface area contributed by atoms with Crippen LogP contribution in [0.5, 0.6) is 0 Å². The molecule has 2 heterocycles. The first-order valence-corrected chi connectivity index (χ1v) is 9.31. The molecule has 0 atom stereocenters. The zero-order valence-electron chi connectivity index (χ0n) is 15.1. The van der Waals surface area contributed by atoms with Crippen molar-refractivity contribution in [3.63, 3.8) is 0 Å². The molecule has 7 nitrogen and oxygen atoms in total. The number of rotatable bonds is 7. The molecule has 140 valence electrons. The number of aryl methyl sites for hydroxylation is 1. The molecule has 0 radical (unpaired) electrons. The summed E-state index contributed by atoms with van der Waals surface area (Å²) in [6.07, 6.45) is 3.16. The van der Waals surface area contributed by atoms with Crippen molar-refractivity contribution in [3.8, 4) is 0 Å². The molecule has 0 saturated heterocycles. The smallest absolute Gasteiger partial charge is 0.258 e. The first-order chi connectivity index (χ1) is 13.1. The van der Waals surface area contributed by atoms with Crippen LogP contribution in [0.15, 0.2) is 40.5 Å². The number of amides is 1. The topological polar surface area (TPSA) is 88.2 Å². The van der Waals surface area contributed by atoms with Crippen LogP contribution in [0.4, 0.5) is 0 Å². The SMILES string of the molecule is COCCN(Cc1nc2ccccc2c(=O)[nH]1)C(=O)/C=C/c1csc(C)n1. The van der Waals surface area contributed by atoms with Crippen LogP contribution in [0.2, 0.25) is 0 Å². The molecule has 27 heavy (non-hydrogen) atoms. The van der Waals surface area contributed by atoms with E-state index in [4.69, 9.17) is 4.74 Å². The Hall–Kier alpha value is -2.84. The molecule has 3 aromatic rings. The van der Waals surface area contributed by atoms with Crippen molar-refractivity contribution in [1.82, 2.24) is 19.9 Å². The van der Waals surface area contributed by atoms with Crippen molar-refractivity contribution >= 4 is 34.2 Å². The number of carbonyl (C=O) groups excluding carboxylic acids is 1. The molecule has 0 aliphatic rings. The highest BCUT2D eigenvalue weighted by Crippen LogP contribution is 2.11. The number of aromatic amines is 1. The molecule has 0 bridgehead atoms. The molecular weight excluding hydrogens is 364 g/mol. The van der Waals surface area contributed by atoms with Gasteiger partial charge in [0.1, 0.15) is 5.82 Å². The molecule has 0 aliphatic carbocycles. The van der Waals surface area contributed by atoms with E-state index in [1.54, 1.807) is 36.3 Å². The van der Waals surface area contributed by atoms with Gasteiger partial charge in [-0.1, -0.05) is 12.1 Å². The second-order valence-electron chi connectivity index (χ2n) is 5.91. The number of H-pyrrole nitrogens is 1. The second-order valence-corrected chi connectivity index (χ2v) is 6.97. The number of hydrogen-bond acceptors (Lipinski definition) is 6. The molecular formula is C19H20N4O3S. The highest BCUT2D eigenvalue weighted by Gasteiger charge is 2.14. The van der Waals surface area contributed by atoms with Gasteiger partial charge in [0.25, 0.3) is 5.56 Å². The number of nitrogens with one attached hydrogen (secondary N) is 1. The lowest BCUT2D eigenvalue weighted by atomic mass is 10.2. The van der Waals surface area contributed by atoms with Gasteiger partial charge in [-0.25, -0.2) is 9.97 Å². The van der Waals surface area contributed by atoms with Crippen molar-refractivity contribution in [2.45, 2.75) is 13.5 Å². The van der Waals surface area contributed by atoms with Crippen LogP contribution in [-0.4, -0.2) is 46.0 Å². The quantitative estimate of drug-likeness (QED) is 0.632. The molecule has 0 spiro atoms. The molecule has 1 amide bonds. The van der Waals surface area contributed by atoms with E-state index < -0.39 is 0 Å². The van der Waals surface area contributed by atoms with Crippen LogP contribution >= 0.6 is 11.3 Å². The Bertz CT molecular complexity index is 1020. The lowest BCUT2D eigenvalue weighted by Gasteiger charge is -2.20. The number of benzene rings is 1. The summed E-state index contributed by atoms with van der Waals surface area (Å²) in [5.41, 5.74) is 1.13. The van der Waals surface area contributed by atoms with Crippen LogP contribution in [0, 0.1) is 6.92 Å². The fourth-order valence-corrected chi connectivity index (χ4v) is 3.16. The van der Waals surface area contributed by atoms with Gasteiger partial charge in [0.15, 0.2) is 0 Å². The number of ether oxygens (including phenoxy) is 1. The largest absolute Gasteiger partial charge is 0.383 e. The molecule has 8 heteroatoms. The highest BCUT2D eigenvalue weighted by atomic mass is 32.1. The van der Waals surface area contributed by atoms with E-state index in [1.165, 1.54) is 17.4 Å². The van der Waals surface area contributed by atoms with Crippen molar-refractivity contribution in [2.24, 2.45) is 0 Å². The van der Waals surface area contributed by atoms with Crippen LogP contribution in [0.1, 0.15) is 16.5 Å². The Kier molecular flexibility index (Phi) is 6.10. The minimum atomic E-state index is -0.219. The third kappa shape index (κ3) is 4.87. The van der Waals surface area contributed by atoms with Gasteiger partial charge >= 0.3 is 0 Å². The predicted molar refractivity (Wildman–Crippen MR) is 106 cm³/mol. The second kappa shape index (κ2) is 8.70. The van der Waals surface area contributed by atoms with Crippen molar-refractivity contribution in [1.29, 1.82) is 0 Å². The Morgan fingerprint density at radius 1 is 1.33 bits per heavy atom. The lowest BCUT2D eigenvalue weighted by molar-refractivity contribution is -0.127. The van der Waals surface area contributed by atoms with Crippen LogP contribution in [0.25, 0.3) is 17.0 Å². The van der Waals surface area contributed by atoms with E-state index in [9.17, 15) is 9.59 Å². The third-order valence-corrected chi connectivity index (χ3v) is 4.70. The van der Waals surface area contributed by atoms with Crippen molar-refractivity contribution < 1.29 is 9.53 Å². The fourth-order valence-electron chi connectivity index (χ4n) is 2.58. The number of fused-ring (bicyclic) bond motifs is 1. The minimum Gasteiger partial charge on any atom is -0.383 e. The molecule has 0 saturated carbocycles. The number of hydrogen-bond donors (Lipinski definition) is 1. The molecule has 0 aliphatic heterocycles. The van der Waals surface area contributed by atoms with Gasteiger partial charge in [0, 0.05) is 25.1 Å². The number of para-hydroxylation sites is 1. The number of thiazole rings is 1. The van der Waals surface area contributed by atoms with E-state index in [1.807, 2.05) is 18.4 Å². The summed E-state index contributed by atoms with van der Waals surface area (Å²) in [5.74, 6) is 0.231. The average molecular weight is 384 g/mol. The number of nitrogens with zero attached hydrogens (tertiary/aromatic N) is 3. The number of carbonyl (C=O) groups is 1. The summed E-state index contributed by atoms with van der Waals surface area (Å²) < 4.78 is 5.10. The monoisotopic (exact) mass is 384 g/mol. The van der Waals surface area contributed by atoms with E-state index >= 15 is 0 Å². The average Bonchev–Trinajstić information content (AvgIpc) is 3.08. The van der Waals surface area contributed by atoms with Gasteiger partial charge in [0.05, 0.1) is 34.8 Å². The maximum Gasteiger partial charge on any atom is 0.258 e. The summed E-state index contributed by atoms with van der Waals surface area (Å²) >= 11 is 1.53. The van der Waals surface area contributed by atoms with E-state index in [0.717, 1.165) is 10.7 Å². The summed E-state index contributed by atoms with van der Waals surface area (Å²) in [6, 6.07) is 7.11. The Morgan fingerprint density at radius 2 is 2.15 bits per heavy atom. The van der Waals surface area contributed by atoms with Crippen LogP contribution < -0.4 is 5.56 Å². The molecule has 0 fully saturated rings. The molecule has 0 unspecified atom stereocenters. The number of methoxy groups -OCH3 is 1. The highest BCUT2D eigenvalue weighted by molar-refractivity contribution is 7.09. The fraction of sp³-hybridized carbons (Fsp3) is 0.263. The predicted octanol–water partition coefficient (Wildman–Crippen LogP) is 2.38. The van der Waals surface area contributed by atoms with Crippen LogP contribution in [0.3, 0.4) is 0 Å². The van der Waals surface area contributed by atoms with Crippen LogP contribution in [-0.2, 0) is 16.1 Å². The number of aromatic nitrogens is 3. The van der Waals surface area contributed by atoms with Crippen molar-refractivity contribution in [3.05, 3.63) is 62.6 Å². The normalized spacial score (nSPS) is 11.3. The Labute approximate surface area is 160 Å². The van der Waals surface area contributed by atoms with Gasteiger partial charge in [-0.3, -0.25) is 9.59 Å². The standard InChI is InChI=1S/C19H20N4O3S/c1-13-20-14(12-27-13)7-8-18(24)23(9-10-26-2)11-17-21-16-6-4-3-5-15(16)19(25)22-17/h3-8,12H,9-11H2,1-2H3,(H,21,22,25)/b8-7+. The van der Waals surface area contributed by atoms with Gasteiger partial charge in [-0.15, -0.1) is 11.3 Å². The zero-order valence-corrected chi connectivity index (χ0v) is 16.0. The van der Waals surface area contributed by atoms with E-state index in [-0.39, 0.29) is 18.0 Å². The maximum absolute atomic E-state index is 12.6. The van der Waals surface area contributed by atoms with Gasteiger partial charge in [-0.05, 0) is 25.1 Å². The maximum atomic E-state index is 12.6. The molecule has 1 N–H and O–H groups in total. The van der Waals surface area contributed by atoms with E-state index in [2.05, 4.69) is 15.0 Å². The molecule has 2 aromatic heterocycles. The summed E-state index contributed by atoms with van der Waals surface area (Å²) in [7, 11) is 1.58. The Morgan fingerprint density at radius 3 is 2.89 bits per heavy atom. The van der Waals surface area contributed by atoms with E-state index in [0.29, 0.717) is 29.9 Å². The molecule has 3 rings (SSSR count). The van der Waals surface area contributed by atoms with Gasteiger partial charge < -0.3 is 14.6 Å². The first kappa shape index (κ1) is 18.9. The summed E-state index contributed by atoms with van der Waals surface area (Å²) in [6.45, 7) is 2.86. The lowest BCUT2D eigenvalue weighted by Crippen LogP contribution is -2.33. The third-order valence-electron chi connectivity index (χ3n) is 3.91. The van der Waals surface area contributed by atoms with Gasteiger partial charge in [-0.2, -0.15) is 0 Å². The Balaban J connectivity index is 1.81. The summed E-state index contributed by atoms with van der Waals surface area (Å²) in [5, 5.41) is 3.35. The van der Waals surface area contributed by atoms with Crippen molar-refractivity contribution in [2.75, 3.05) is 20.3 Å². The van der Waals surface area contributed by atoms with Gasteiger partial charge in [0.2, 0.25) is 5.91 Å². The summed E-state index contributed by atoms with van der Waals surface area (Å²) in [4.78, 5) is 38.0.